The Hall–Kier alpha value is -3.09. The van der Waals surface area contributed by atoms with Gasteiger partial charge in [0, 0.05) is 19.4 Å². The van der Waals surface area contributed by atoms with Gasteiger partial charge in [-0.05, 0) is 36.8 Å². The number of hydrogen-bond acceptors (Lipinski definition) is 5. The van der Waals surface area contributed by atoms with Crippen molar-refractivity contribution in [1.29, 1.82) is 0 Å². The lowest BCUT2D eigenvalue weighted by atomic mass is 10.1. The molecule has 0 saturated carbocycles. The Labute approximate surface area is 138 Å². The third-order valence-corrected chi connectivity index (χ3v) is 4.08. The van der Waals surface area contributed by atoms with E-state index in [1.165, 1.54) is 0 Å². The molecule has 0 aliphatic rings. The standard InChI is InChI=1S/C17H17N5O2/c1-12(13-7-9-18-10-8-13)21(2)16(23)11-22-17(24)14-5-3-4-6-15(14)19-20-22/h3-10,12H,11H2,1-2H3. The summed E-state index contributed by atoms with van der Waals surface area (Å²) in [7, 11) is 1.70. The number of nitrogens with zero attached hydrogens (tertiary/aromatic N) is 5. The summed E-state index contributed by atoms with van der Waals surface area (Å²) in [6.07, 6.45) is 3.37. The average Bonchev–Trinajstić information content (AvgIpc) is 2.63. The van der Waals surface area contributed by atoms with Crippen molar-refractivity contribution in [2.24, 2.45) is 0 Å². The molecule has 122 valence electrons. The largest absolute Gasteiger partial charge is 0.337 e. The molecular weight excluding hydrogens is 306 g/mol. The molecule has 1 amide bonds. The quantitative estimate of drug-likeness (QED) is 0.725. The molecule has 7 nitrogen and oxygen atoms in total. The number of pyridine rings is 1. The smallest absolute Gasteiger partial charge is 0.278 e. The van der Waals surface area contributed by atoms with Crippen LogP contribution in [0.4, 0.5) is 0 Å². The molecule has 0 N–H and O–H groups in total. The van der Waals surface area contributed by atoms with Gasteiger partial charge in [-0.15, -0.1) is 5.10 Å². The maximum atomic E-state index is 12.5. The second-order valence-corrected chi connectivity index (χ2v) is 5.53. The molecule has 0 saturated heterocycles. The van der Waals surface area contributed by atoms with E-state index in [2.05, 4.69) is 15.3 Å². The van der Waals surface area contributed by atoms with E-state index in [0.717, 1.165) is 10.2 Å². The molecule has 1 aromatic carbocycles. The molecule has 0 aliphatic carbocycles. The number of fused-ring (bicyclic) bond motifs is 1. The van der Waals surface area contributed by atoms with Crippen LogP contribution in [-0.2, 0) is 11.3 Å². The normalized spacial score (nSPS) is 12.1. The van der Waals surface area contributed by atoms with Crippen LogP contribution in [0.15, 0.2) is 53.6 Å². The Morgan fingerprint density at radius 2 is 1.92 bits per heavy atom. The van der Waals surface area contributed by atoms with Crippen molar-refractivity contribution in [2.75, 3.05) is 7.05 Å². The Balaban J connectivity index is 1.82. The van der Waals surface area contributed by atoms with E-state index in [1.807, 2.05) is 19.1 Å². The summed E-state index contributed by atoms with van der Waals surface area (Å²) in [6, 6.07) is 10.5. The second-order valence-electron chi connectivity index (χ2n) is 5.53. The van der Waals surface area contributed by atoms with Gasteiger partial charge in [0.05, 0.1) is 11.4 Å². The summed E-state index contributed by atoms with van der Waals surface area (Å²) in [5.74, 6) is -0.217. The van der Waals surface area contributed by atoms with Crippen molar-refractivity contribution < 1.29 is 4.79 Å². The van der Waals surface area contributed by atoms with Crippen molar-refractivity contribution in [3.05, 3.63) is 64.7 Å². The van der Waals surface area contributed by atoms with Gasteiger partial charge in [0.2, 0.25) is 5.91 Å². The zero-order valence-electron chi connectivity index (χ0n) is 13.5. The lowest BCUT2D eigenvalue weighted by molar-refractivity contribution is -0.132. The third-order valence-electron chi connectivity index (χ3n) is 4.08. The van der Waals surface area contributed by atoms with Gasteiger partial charge in [-0.3, -0.25) is 14.6 Å². The van der Waals surface area contributed by atoms with Crippen molar-refractivity contribution in [2.45, 2.75) is 19.5 Å². The number of rotatable bonds is 4. The summed E-state index contributed by atoms with van der Waals surface area (Å²) >= 11 is 0. The lowest BCUT2D eigenvalue weighted by Crippen LogP contribution is -2.36. The predicted octanol–water partition coefficient (Wildman–Crippen LogP) is 1.41. The minimum Gasteiger partial charge on any atom is -0.337 e. The number of benzene rings is 1. The Kier molecular flexibility index (Phi) is 4.33. The molecule has 24 heavy (non-hydrogen) atoms. The van der Waals surface area contributed by atoms with Crippen LogP contribution in [0.25, 0.3) is 10.9 Å². The average molecular weight is 323 g/mol. The molecule has 1 unspecified atom stereocenters. The van der Waals surface area contributed by atoms with Gasteiger partial charge >= 0.3 is 0 Å². The lowest BCUT2D eigenvalue weighted by Gasteiger charge is -2.25. The molecule has 2 heterocycles. The Morgan fingerprint density at radius 3 is 2.67 bits per heavy atom. The SMILES string of the molecule is CC(c1ccncc1)N(C)C(=O)Cn1nnc2ccccc2c1=O. The maximum Gasteiger partial charge on any atom is 0.278 e. The minimum absolute atomic E-state index is 0.135. The monoisotopic (exact) mass is 323 g/mol. The summed E-state index contributed by atoms with van der Waals surface area (Å²) < 4.78 is 1.10. The first-order valence-electron chi connectivity index (χ1n) is 7.56. The molecule has 3 aromatic rings. The Morgan fingerprint density at radius 1 is 1.21 bits per heavy atom. The van der Waals surface area contributed by atoms with E-state index >= 15 is 0 Å². The summed E-state index contributed by atoms with van der Waals surface area (Å²) in [6.45, 7) is 1.77. The number of carbonyl (C=O) groups is 1. The van der Waals surface area contributed by atoms with E-state index < -0.39 is 0 Å². The number of carbonyl (C=O) groups excluding carboxylic acids is 1. The van der Waals surface area contributed by atoms with Crippen LogP contribution in [0.3, 0.4) is 0 Å². The first-order chi connectivity index (χ1) is 11.6. The summed E-state index contributed by atoms with van der Waals surface area (Å²) in [5.41, 5.74) is 1.17. The van der Waals surface area contributed by atoms with Crippen LogP contribution in [0.2, 0.25) is 0 Å². The van der Waals surface area contributed by atoms with Gasteiger partial charge < -0.3 is 4.90 Å². The van der Waals surface area contributed by atoms with Gasteiger partial charge in [-0.1, -0.05) is 17.3 Å². The summed E-state index contributed by atoms with van der Waals surface area (Å²) in [5, 5.41) is 8.30. The van der Waals surface area contributed by atoms with Crippen LogP contribution in [-0.4, -0.2) is 37.8 Å². The minimum atomic E-state index is -0.320. The van der Waals surface area contributed by atoms with Crippen molar-refractivity contribution in [3.63, 3.8) is 0 Å². The second kappa shape index (κ2) is 6.57. The van der Waals surface area contributed by atoms with Crippen LogP contribution in [0.1, 0.15) is 18.5 Å². The zero-order valence-corrected chi connectivity index (χ0v) is 13.5. The highest BCUT2D eigenvalue weighted by molar-refractivity contribution is 5.78. The van der Waals surface area contributed by atoms with Crippen LogP contribution >= 0.6 is 0 Å². The number of hydrogen-bond donors (Lipinski definition) is 0. The third kappa shape index (κ3) is 3.01. The first-order valence-corrected chi connectivity index (χ1v) is 7.56. The zero-order chi connectivity index (χ0) is 17.1. The van der Waals surface area contributed by atoms with Gasteiger partial charge in [-0.2, -0.15) is 0 Å². The van der Waals surface area contributed by atoms with E-state index in [1.54, 1.807) is 48.6 Å². The molecule has 0 spiro atoms. The predicted molar refractivity (Wildman–Crippen MR) is 89.2 cm³/mol. The number of aromatic nitrogens is 4. The Bertz CT molecular complexity index is 923. The highest BCUT2D eigenvalue weighted by atomic mass is 16.2. The first kappa shape index (κ1) is 15.8. The van der Waals surface area contributed by atoms with Crippen LogP contribution < -0.4 is 5.56 Å². The van der Waals surface area contributed by atoms with Crippen molar-refractivity contribution in [3.8, 4) is 0 Å². The molecule has 3 rings (SSSR count). The molecule has 0 bridgehead atoms. The molecule has 0 radical (unpaired) electrons. The van der Waals surface area contributed by atoms with Crippen molar-refractivity contribution >= 4 is 16.8 Å². The van der Waals surface area contributed by atoms with E-state index in [0.29, 0.717) is 10.9 Å². The van der Waals surface area contributed by atoms with Crippen molar-refractivity contribution in [1.82, 2.24) is 24.9 Å². The highest BCUT2D eigenvalue weighted by Crippen LogP contribution is 2.17. The number of amides is 1. The van der Waals surface area contributed by atoms with E-state index in [9.17, 15) is 9.59 Å². The summed E-state index contributed by atoms with van der Waals surface area (Å²) in [4.78, 5) is 30.5. The van der Waals surface area contributed by atoms with Crippen LogP contribution in [0.5, 0.6) is 0 Å². The molecular formula is C17H17N5O2. The molecule has 2 aromatic heterocycles. The highest BCUT2D eigenvalue weighted by Gasteiger charge is 2.19. The van der Waals surface area contributed by atoms with Gasteiger partial charge in [0.15, 0.2) is 0 Å². The van der Waals surface area contributed by atoms with E-state index in [-0.39, 0.29) is 24.1 Å². The molecule has 0 fully saturated rings. The van der Waals surface area contributed by atoms with Gasteiger partial charge in [0.1, 0.15) is 12.1 Å². The van der Waals surface area contributed by atoms with Gasteiger partial charge in [-0.25, -0.2) is 4.68 Å². The molecule has 0 aliphatic heterocycles. The fourth-order valence-corrected chi connectivity index (χ4v) is 2.45. The fourth-order valence-electron chi connectivity index (χ4n) is 2.45. The molecule has 7 heteroatoms. The maximum absolute atomic E-state index is 12.5. The van der Waals surface area contributed by atoms with Gasteiger partial charge in [0.25, 0.3) is 5.56 Å². The number of likely N-dealkylation sites (N-methyl/N-ethyl adjacent to an activating group) is 1. The van der Waals surface area contributed by atoms with E-state index in [4.69, 9.17) is 0 Å². The fraction of sp³-hybridized carbons (Fsp3) is 0.235. The topological polar surface area (TPSA) is 81.0 Å². The molecule has 1 atom stereocenters. The van der Waals surface area contributed by atoms with Crippen LogP contribution in [0, 0.1) is 0 Å².